The average molecular weight is 291 g/mol. The number of para-hydroxylation sites is 1. The van der Waals surface area contributed by atoms with Crippen LogP contribution in [-0.2, 0) is 0 Å². The molecule has 1 heterocycles. The van der Waals surface area contributed by atoms with E-state index in [-0.39, 0.29) is 16.3 Å². The molecule has 0 unspecified atom stereocenters. The van der Waals surface area contributed by atoms with Crippen LogP contribution in [0.15, 0.2) is 36.5 Å². The summed E-state index contributed by atoms with van der Waals surface area (Å²) in [6.07, 6.45) is 1.51. The van der Waals surface area contributed by atoms with Gasteiger partial charge in [0.2, 0.25) is 0 Å². The lowest BCUT2D eigenvalue weighted by molar-refractivity contribution is 0.0698. The number of anilines is 1. The predicted molar refractivity (Wildman–Crippen MR) is 75.3 cm³/mol. The fraction of sp³-hybridized carbons (Fsp3) is 0.0714. The van der Waals surface area contributed by atoms with Gasteiger partial charge in [-0.1, -0.05) is 17.7 Å². The summed E-state index contributed by atoms with van der Waals surface area (Å²) in [7, 11) is 0. The summed E-state index contributed by atoms with van der Waals surface area (Å²) in [5.74, 6) is -1.60. The Balaban J connectivity index is 2.35. The molecule has 0 atom stereocenters. The van der Waals surface area contributed by atoms with Gasteiger partial charge in [-0.15, -0.1) is 0 Å². The Bertz CT molecular complexity index is 686. The number of nitrogens with one attached hydrogen (secondary N) is 1. The molecule has 2 N–H and O–H groups in total. The zero-order valence-corrected chi connectivity index (χ0v) is 11.3. The van der Waals surface area contributed by atoms with Gasteiger partial charge in [-0.25, -0.2) is 4.79 Å². The third kappa shape index (κ3) is 2.95. The summed E-state index contributed by atoms with van der Waals surface area (Å²) >= 11 is 5.95. The molecular formula is C14H11ClN2O3. The third-order valence-electron chi connectivity index (χ3n) is 2.64. The molecule has 1 amide bonds. The molecule has 0 bridgehead atoms. The molecule has 20 heavy (non-hydrogen) atoms. The molecule has 0 saturated heterocycles. The highest BCUT2D eigenvalue weighted by atomic mass is 35.5. The van der Waals surface area contributed by atoms with Gasteiger partial charge < -0.3 is 10.4 Å². The topological polar surface area (TPSA) is 79.3 Å². The van der Waals surface area contributed by atoms with Crippen molar-refractivity contribution in [1.29, 1.82) is 0 Å². The first-order valence-electron chi connectivity index (χ1n) is 5.75. The monoisotopic (exact) mass is 290 g/mol. The van der Waals surface area contributed by atoms with Gasteiger partial charge in [0.05, 0.1) is 16.3 Å². The molecule has 0 aliphatic rings. The number of aryl methyl sites for hydroxylation is 1. The summed E-state index contributed by atoms with van der Waals surface area (Å²) in [5.41, 5.74) is 1.10. The number of nitrogens with zero attached hydrogens (tertiary/aromatic N) is 1. The van der Waals surface area contributed by atoms with Crippen LogP contribution in [0.25, 0.3) is 0 Å². The standard InChI is InChI=1S/C14H11ClN2O3/c1-8-7-9(5-6-16-8)13(18)17-12-10(14(19)20)3-2-4-11(12)15/h2-7H,1H3,(H,17,18)(H,19,20). The lowest BCUT2D eigenvalue weighted by Crippen LogP contribution is -2.15. The molecule has 0 fully saturated rings. The van der Waals surface area contributed by atoms with Crippen molar-refractivity contribution in [3.05, 3.63) is 58.4 Å². The van der Waals surface area contributed by atoms with Crippen molar-refractivity contribution in [3.8, 4) is 0 Å². The second-order valence-corrected chi connectivity index (χ2v) is 4.51. The minimum atomic E-state index is -1.16. The van der Waals surface area contributed by atoms with Crippen molar-refractivity contribution in [2.75, 3.05) is 5.32 Å². The number of carbonyl (C=O) groups is 2. The summed E-state index contributed by atoms with van der Waals surface area (Å²) in [6.45, 7) is 1.76. The van der Waals surface area contributed by atoms with Crippen LogP contribution < -0.4 is 5.32 Å². The van der Waals surface area contributed by atoms with Crippen molar-refractivity contribution in [1.82, 2.24) is 4.98 Å². The second kappa shape index (κ2) is 5.71. The fourth-order valence-electron chi connectivity index (χ4n) is 1.70. The fourth-order valence-corrected chi connectivity index (χ4v) is 1.92. The molecule has 102 valence electrons. The molecule has 5 nitrogen and oxygen atoms in total. The lowest BCUT2D eigenvalue weighted by atomic mass is 10.1. The molecule has 0 aliphatic heterocycles. The van der Waals surface area contributed by atoms with E-state index >= 15 is 0 Å². The zero-order valence-electron chi connectivity index (χ0n) is 10.6. The quantitative estimate of drug-likeness (QED) is 0.911. The highest BCUT2D eigenvalue weighted by Crippen LogP contribution is 2.26. The Labute approximate surface area is 120 Å². The maximum atomic E-state index is 12.1. The van der Waals surface area contributed by atoms with E-state index < -0.39 is 11.9 Å². The van der Waals surface area contributed by atoms with E-state index in [0.29, 0.717) is 11.3 Å². The van der Waals surface area contributed by atoms with Crippen molar-refractivity contribution in [3.63, 3.8) is 0 Å². The number of amides is 1. The van der Waals surface area contributed by atoms with E-state index in [1.54, 1.807) is 19.1 Å². The minimum absolute atomic E-state index is 0.0587. The van der Waals surface area contributed by atoms with Crippen molar-refractivity contribution in [2.24, 2.45) is 0 Å². The van der Waals surface area contributed by atoms with Gasteiger partial charge in [-0.05, 0) is 31.2 Å². The van der Waals surface area contributed by atoms with Crippen molar-refractivity contribution in [2.45, 2.75) is 6.92 Å². The molecule has 0 spiro atoms. The Morgan fingerprint density at radius 1 is 1.30 bits per heavy atom. The number of aromatic carboxylic acids is 1. The van der Waals surface area contributed by atoms with Gasteiger partial charge in [0.15, 0.2) is 0 Å². The Morgan fingerprint density at radius 2 is 2.05 bits per heavy atom. The number of rotatable bonds is 3. The largest absolute Gasteiger partial charge is 0.478 e. The molecule has 0 radical (unpaired) electrons. The summed E-state index contributed by atoms with van der Waals surface area (Å²) < 4.78 is 0. The minimum Gasteiger partial charge on any atom is -0.478 e. The van der Waals surface area contributed by atoms with E-state index in [1.807, 2.05) is 0 Å². The maximum absolute atomic E-state index is 12.1. The van der Waals surface area contributed by atoms with Crippen molar-refractivity contribution < 1.29 is 14.7 Å². The molecule has 6 heteroatoms. The van der Waals surface area contributed by atoms with Gasteiger partial charge in [-0.2, -0.15) is 0 Å². The van der Waals surface area contributed by atoms with Crippen LogP contribution in [0, 0.1) is 6.92 Å². The Hall–Kier alpha value is -2.40. The van der Waals surface area contributed by atoms with Crippen LogP contribution in [-0.4, -0.2) is 22.0 Å². The molecule has 1 aromatic carbocycles. The van der Waals surface area contributed by atoms with E-state index in [4.69, 9.17) is 16.7 Å². The molecule has 0 saturated carbocycles. The zero-order chi connectivity index (χ0) is 14.7. The highest BCUT2D eigenvalue weighted by Gasteiger charge is 2.16. The van der Waals surface area contributed by atoms with Crippen LogP contribution in [0.2, 0.25) is 5.02 Å². The summed E-state index contributed by atoms with van der Waals surface area (Å²) in [5, 5.41) is 11.8. The first-order valence-corrected chi connectivity index (χ1v) is 6.12. The number of aromatic nitrogens is 1. The van der Waals surface area contributed by atoms with Crippen molar-refractivity contribution >= 4 is 29.2 Å². The Morgan fingerprint density at radius 3 is 2.70 bits per heavy atom. The molecule has 1 aromatic heterocycles. The predicted octanol–water partition coefficient (Wildman–Crippen LogP) is 2.99. The van der Waals surface area contributed by atoms with Gasteiger partial charge in [-0.3, -0.25) is 9.78 Å². The molecule has 2 aromatic rings. The van der Waals surface area contributed by atoms with E-state index in [9.17, 15) is 9.59 Å². The van der Waals surface area contributed by atoms with E-state index in [2.05, 4.69) is 10.3 Å². The van der Waals surface area contributed by atoms with Gasteiger partial charge in [0.25, 0.3) is 5.91 Å². The smallest absolute Gasteiger partial charge is 0.337 e. The van der Waals surface area contributed by atoms with Crippen LogP contribution in [0.4, 0.5) is 5.69 Å². The third-order valence-corrected chi connectivity index (χ3v) is 2.96. The average Bonchev–Trinajstić information content (AvgIpc) is 2.40. The first-order chi connectivity index (χ1) is 9.49. The van der Waals surface area contributed by atoms with E-state index in [0.717, 1.165) is 0 Å². The summed E-state index contributed by atoms with van der Waals surface area (Å²) in [4.78, 5) is 27.2. The number of carboxylic acids is 1. The molecular weight excluding hydrogens is 280 g/mol. The number of hydrogen-bond donors (Lipinski definition) is 2. The second-order valence-electron chi connectivity index (χ2n) is 4.11. The number of pyridine rings is 1. The molecule has 0 aliphatic carbocycles. The van der Waals surface area contributed by atoms with Crippen LogP contribution >= 0.6 is 11.6 Å². The van der Waals surface area contributed by atoms with Gasteiger partial charge in [0, 0.05) is 17.5 Å². The normalized spacial score (nSPS) is 10.1. The van der Waals surface area contributed by atoms with Crippen LogP contribution in [0.5, 0.6) is 0 Å². The summed E-state index contributed by atoms with van der Waals surface area (Å²) in [6, 6.07) is 7.55. The number of benzene rings is 1. The SMILES string of the molecule is Cc1cc(C(=O)Nc2c(Cl)cccc2C(=O)O)ccn1. The maximum Gasteiger partial charge on any atom is 0.337 e. The van der Waals surface area contributed by atoms with Gasteiger partial charge >= 0.3 is 5.97 Å². The van der Waals surface area contributed by atoms with Crippen LogP contribution in [0.3, 0.4) is 0 Å². The lowest BCUT2D eigenvalue weighted by Gasteiger charge is -2.10. The van der Waals surface area contributed by atoms with E-state index in [1.165, 1.54) is 24.4 Å². The number of carboxylic acid groups (broad SMARTS) is 1. The highest BCUT2D eigenvalue weighted by molar-refractivity contribution is 6.34. The number of halogens is 1. The number of carbonyl (C=O) groups excluding carboxylic acids is 1. The van der Waals surface area contributed by atoms with Crippen LogP contribution in [0.1, 0.15) is 26.4 Å². The van der Waals surface area contributed by atoms with Gasteiger partial charge in [0.1, 0.15) is 0 Å². The Kier molecular flexibility index (Phi) is 4.00. The number of hydrogen-bond acceptors (Lipinski definition) is 3. The molecule has 2 rings (SSSR count). The first kappa shape index (κ1) is 14.0.